The SMILES string of the molecule is Cc1ccccc1-c1c(F)ccc(-c2ccccc2)c1C(=O)O. The van der Waals surface area contributed by atoms with Crippen molar-refractivity contribution in [3.05, 3.63) is 83.7 Å². The third-order valence-electron chi connectivity index (χ3n) is 3.87. The molecule has 0 amide bonds. The zero-order valence-corrected chi connectivity index (χ0v) is 12.6. The first-order valence-corrected chi connectivity index (χ1v) is 7.27. The van der Waals surface area contributed by atoms with Crippen molar-refractivity contribution in [1.82, 2.24) is 0 Å². The molecule has 0 unspecified atom stereocenters. The molecule has 0 saturated carbocycles. The van der Waals surface area contributed by atoms with Gasteiger partial charge in [0.1, 0.15) is 5.82 Å². The maximum atomic E-state index is 14.5. The molecular weight excluding hydrogens is 291 g/mol. The van der Waals surface area contributed by atoms with Crippen LogP contribution in [-0.2, 0) is 0 Å². The maximum absolute atomic E-state index is 14.5. The highest BCUT2D eigenvalue weighted by Gasteiger charge is 2.22. The Balaban J connectivity index is 2.36. The van der Waals surface area contributed by atoms with Crippen molar-refractivity contribution in [1.29, 1.82) is 0 Å². The molecule has 3 aromatic rings. The van der Waals surface area contributed by atoms with Gasteiger partial charge in [0.15, 0.2) is 0 Å². The second-order valence-corrected chi connectivity index (χ2v) is 5.33. The molecule has 0 fully saturated rings. The number of hydrogen-bond acceptors (Lipinski definition) is 1. The summed E-state index contributed by atoms with van der Waals surface area (Å²) in [6.45, 7) is 1.84. The van der Waals surface area contributed by atoms with Crippen molar-refractivity contribution in [3.63, 3.8) is 0 Å². The van der Waals surface area contributed by atoms with E-state index < -0.39 is 11.8 Å². The number of aryl methyl sites for hydroxylation is 1. The molecule has 3 rings (SSSR count). The lowest BCUT2D eigenvalue weighted by Crippen LogP contribution is -2.05. The molecule has 0 bridgehead atoms. The van der Waals surface area contributed by atoms with Gasteiger partial charge in [0.05, 0.1) is 5.56 Å². The summed E-state index contributed by atoms with van der Waals surface area (Å²) in [6, 6.07) is 19.2. The van der Waals surface area contributed by atoms with E-state index >= 15 is 0 Å². The van der Waals surface area contributed by atoms with Gasteiger partial charge in [-0.3, -0.25) is 0 Å². The first kappa shape index (κ1) is 15.0. The molecule has 23 heavy (non-hydrogen) atoms. The molecule has 0 aromatic heterocycles. The van der Waals surface area contributed by atoms with Crippen LogP contribution in [0.5, 0.6) is 0 Å². The lowest BCUT2D eigenvalue weighted by atomic mass is 9.89. The number of carboxylic acid groups (broad SMARTS) is 1. The highest BCUT2D eigenvalue weighted by atomic mass is 19.1. The van der Waals surface area contributed by atoms with Crippen LogP contribution >= 0.6 is 0 Å². The minimum absolute atomic E-state index is 0.00880. The minimum atomic E-state index is -1.14. The Morgan fingerprint density at radius 1 is 0.870 bits per heavy atom. The molecular formula is C20H15FO2. The highest BCUT2D eigenvalue weighted by molar-refractivity contribution is 6.03. The second-order valence-electron chi connectivity index (χ2n) is 5.33. The fraction of sp³-hybridized carbons (Fsp3) is 0.0500. The highest BCUT2D eigenvalue weighted by Crippen LogP contribution is 2.35. The molecule has 114 valence electrons. The molecule has 3 aromatic carbocycles. The Kier molecular flexibility index (Phi) is 3.94. The van der Waals surface area contributed by atoms with Crippen LogP contribution in [0.3, 0.4) is 0 Å². The standard InChI is InChI=1S/C20H15FO2/c1-13-7-5-6-10-15(13)18-17(21)12-11-16(19(18)20(22)23)14-8-3-2-4-9-14/h2-12H,1H3,(H,22,23). The van der Waals surface area contributed by atoms with E-state index in [0.29, 0.717) is 11.1 Å². The molecule has 0 radical (unpaired) electrons. The van der Waals surface area contributed by atoms with Gasteiger partial charge in [-0.25, -0.2) is 9.18 Å². The first-order valence-electron chi connectivity index (χ1n) is 7.27. The number of aromatic carboxylic acids is 1. The number of carboxylic acids is 1. The van der Waals surface area contributed by atoms with Crippen LogP contribution in [0.15, 0.2) is 66.7 Å². The van der Waals surface area contributed by atoms with E-state index in [9.17, 15) is 14.3 Å². The van der Waals surface area contributed by atoms with Crippen molar-refractivity contribution >= 4 is 5.97 Å². The van der Waals surface area contributed by atoms with E-state index in [-0.39, 0.29) is 11.1 Å². The summed E-state index contributed by atoms with van der Waals surface area (Å²) in [5, 5.41) is 9.72. The van der Waals surface area contributed by atoms with Gasteiger partial charge in [0.25, 0.3) is 0 Å². The number of halogens is 1. The maximum Gasteiger partial charge on any atom is 0.337 e. The first-order chi connectivity index (χ1) is 11.1. The smallest absolute Gasteiger partial charge is 0.337 e. The molecule has 0 aliphatic rings. The summed E-state index contributed by atoms with van der Waals surface area (Å²) in [5.74, 6) is -1.67. The van der Waals surface area contributed by atoms with Gasteiger partial charge in [-0.15, -0.1) is 0 Å². The van der Waals surface area contributed by atoms with Crippen molar-refractivity contribution in [2.75, 3.05) is 0 Å². The average molecular weight is 306 g/mol. The van der Waals surface area contributed by atoms with Gasteiger partial charge in [0, 0.05) is 5.56 Å². The second kappa shape index (κ2) is 6.05. The van der Waals surface area contributed by atoms with E-state index in [1.165, 1.54) is 12.1 Å². The molecule has 0 spiro atoms. The van der Waals surface area contributed by atoms with E-state index in [1.54, 1.807) is 12.1 Å². The summed E-state index contributed by atoms with van der Waals surface area (Å²) in [7, 11) is 0. The van der Waals surface area contributed by atoms with Crippen LogP contribution in [-0.4, -0.2) is 11.1 Å². The Hall–Kier alpha value is -2.94. The monoisotopic (exact) mass is 306 g/mol. The van der Waals surface area contributed by atoms with Crippen LogP contribution in [0.25, 0.3) is 22.3 Å². The van der Waals surface area contributed by atoms with Crippen molar-refractivity contribution in [3.8, 4) is 22.3 Å². The van der Waals surface area contributed by atoms with Crippen molar-refractivity contribution < 1.29 is 14.3 Å². The predicted octanol–water partition coefficient (Wildman–Crippen LogP) is 5.17. The van der Waals surface area contributed by atoms with Crippen molar-refractivity contribution in [2.45, 2.75) is 6.92 Å². The Morgan fingerprint density at radius 2 is 1.52 bits per heavy atom. The summed E-state index contributed by atoms with van der Waals surface area (Å²) in [5.41, 5.74) is 2.82. The van der Waals surface area contributed by atoms with E-state index in [0.717, 1.165) is 11.1 Å². The molecule has 0 aliphatic carbocycles. The van der Waals surface area contributed by atoms with Gasteiger partial charge >= 0.3 is 5.97 Å². The summed E-state index contributed by atoms with van der Waals surface area (Å²) < 4.78 is 14.5. The van der Waals surface area contributed by atoms with E-state index in [1.807, 2.05) is 49.4 Å². The Bertz CT molecular complexity index is 870. The Labute approximate surface area is 133 Å². The van der Waals surface area contributed by atoms with Gasteiger partial charge in [0.2, 0.25) is 0 Å². The lowest BCUT2D eigenvalue weighted by Gasteiger charge is -2.15. The summed E-state index contributed by atoms with van der Waals surface area (Å²) in [4.78, 5) is 11.9. The van der Waals surface area contributed by atoms with Crippen LogP contribution in [0.2, 0.25) is 0 Å². The largest absolute Gasteiger partial charge is 0.478 e. The molecule has 0 saturated heterocycles. The molecule has 0 atom stereocenters. The number of benzene rings is 3. The number of rotatable bonds is 3. The van der Waals surface area contributed by atoms with Gasteiger partial charge in [-0.05, 0) is 35.2 Å². The fourth-order valence-corrected chi connectivity index (χ4v) is 2.77. The normalized spacial score (nSPS) is 10.5. The predicted molar refractivity (Wildman–Crippen MR) is 89.0 cm³/mol. The van der Waals surface area contributed by atoms with Crippen LogP contribution in [0, 0.1) is 12.7 Å². The van der Waals surface area contributed by atoms with Crippen LogP contribution < -0.4 is 0 Å². The Morgan fingerprint density at radius 3 is 2.17 bits per heavy atom. The van der Waals surface area contributed by atoms with Crippen LogP contribution in [0.1, 0.15) is 15.9 Å². The number of carbonyl (C=O) groups is 1. The lowest BCUT2D eigenvalue weighted by molar-refractivity contribution is 0.0698. The molecule has 2 nitrogen and oxygen atoms in total. The molecule has 1 N–H and O–H groups in total. The van der Waals surface area contributed by atoms with Crippen LogP contribution in [0.4, 0.5) is 4.39 Å². The number of hydrogen-bond donors (Lipinski definition) is 1. The van der Waals surface area contributed by atoms with Gasteiger partial charge in [-0.1, -0.05) is 60.7 Å². The van der Waals surface area contributed by atoms with E-state index in [2.05, 4.69) is 0 Å². The minimum Gasteiger partial charge on any atom is -0.478 e. The molecule has 3 heteroatoms. The van der Waals surface area contributed by atoms with Gasteiger partial charge in [-0.2, -0.15) is 0 Å². The fourth-order valence-electron chi connectivity index (χ4n) is 2.77. The van der Waals surface area contributed by atoms with Gasteiger partial charge < -0.3 is 5.11 Å². The quantitative estimate of drug-likeness (QED) is 0.725. The average Bonchev–Trinajstić information content (AvgIpc) is 2.56. The summed E-state index contributed by atoms with van der Waals surface area (Å²) >= 11 is 0. The zero-order valence-electron chi connectivity index (χ0n) is 12.6. The summed E-state index contributed by atoms with van der Waals surface area (Å²) in [6.07, 6.45) is 0. The molecule has 0 aliphatic heterocycles. The topological polar surface area (TPSA) is 37.3 Å². The van der Waals surface area contributed by atoms with E-state index in [4.69, 9.17) is 0 Å². The zero-order chi connectivity index (χ0) is 16.4. The molecule has 0 heterocycles. The van der Waals surface area contributed by atoms with Crippen molar-refractivity contribution in [2.24, 2.45) is 0 Å². The third kappa shape index (κ3) is 2.73. The third-order valence-corrected chi connectivity index (χ3v) is 3.87.